The molecule has 1 fully saturated rings. The zero-order chi connectivity index (χ0) is 15.7. The third-order valence-electron chi connectivity index (χ3n) is 3.20. The van der Waals surface area contributed by atoms with Crippen molar-refractivity contribution in [3.05, 3.63) is 29.0 Å². The Balaban J connectivity index is 1.65. The largest absolute Gasteiger partial charge is 0.323 e. The molecule has 22 heavy (non-hydrogen) atoms. The summed E-state index contributed by atoms with van der Waals surface area (Å²) in [6.45, 7) is 1.72. The third kappa shape index (κ3) is 3.38. The SMILES string of the molecule is CC(Sc1nnnn1C1CC1)C(=O)Nc1ccc(Cl)cc1F. The number of anilines is 1. The number of benzene rings is 1. The first-order chi connectivity index (χ1) is 10.5. The molecular formula is C13H13ClFN5OS. The number of aromatic nitrogens is 4. The van der Waals surface area contributed by atoms with E-state index in [-0.39, 0.29) is 16.6 Å². The average molecular weight is 342 g/mol. The summed E-state index contributed by atoms with van der Waals surface area (Å²) in [6, 6.07) is 4.44. The fourth-order valence-electron chi connectivity index (χ4n) is 1.85. The van der Waals surface area contributed by atoms with Crippen LogP contribution >= 0.6 is 23.4 Å². The number of rotatable bonds is 5. The minimum atomic E-state index is -0.569. The molecule has 1 saturated carbocycles. The van der Waals surface area contributed by atoms with Crippen molar-refractivity contribution in [1.29, 1.82) is 0 Å². The Labute approximate surface area is 135 Å². The van der Waals surface area contributed by atoms with Gasteiger partial charge in [0.15, 0.2) is 0 Å². The zero-order valence-corrected chi connectivity index (χ0v) is 13.2. The fraction of sp³-hybridized carbons (Fsp3) is 0.385. The van der Waals surface area contributed by atoms with E-state index in [1.807, 2.05) is 0 Å². The number of amides is 1. The standard InChI is InChI=1S/C13H13ClFN5OS/c1-7(22-13-17-18-19-20(13)9-3-4-9)12(21)16-11-5-2-8(14)6-10(11)15/h2,5-7,9H,3-4H2,1H3,(H,16,21). The summed E-state index contributed by atoms with van der Waals surface area (Å²) in [4.78, 5) is 12.2. The highest BCUT2D eigenvalue weighted by molar-refractivity contribution is 8.00. The van der Waals surface area contributed by atoms with Gasteiger partial charge in [-0.25, -0.2) is 9.07 Å². The average Bonchev–Trinajstić information content (AvgIpc) is 3.22. The molecule has 0 bridgehead atoms. The maximum atomic E-state index is 13.7. The summed E-state index contributed by atoms with van der Waals surface area (Å²) in [5.74, 6) is -0.891. The van der Waals surface area contributed by atoms with Gasteiger partial charge in [0.25, 0.3) is 0 Å². The molecule has 1 aromatic carbocycles. The highest BCUT2D eigenvalue weighted by Crippen LogP contribution is 2.37. The van der Waals surface area contributed by atoms with Gasteiger partial charge < -0.3 is 5.32 Å². The predicted molar refractivity (Wildman–Crippen MR) is 81.4 cm³/mol. The Morgan fingerprint density at radius 1 is 1.55 bits per heavy atom. The first kappa shape index (κ1) is 15.2. The number of nitrogens with one attached hydrogen (secondary N) is 1. The molecule has 0 spiro atoms. The number of tetrazole rings is 1. The quantitative estimate of drug-likeness (QED) is 0.846. The monoisotopic (exact) mass is 341 g/mol. The van der Waals surface area contributed by atoms with Gasteiger partial charge in [0.2, 0.25) is 11.1 Å². The van der Waals surface area contributed by atoms with E-state index in [9.17, 15) is 9.18 Å². The van der Waals surface area contributed by atoms with Gasteiger partial charge in [-0.3, -0.25) is 4.79 Å². The summed E-state index contributed by atoms with van der Waals surface area (Å²) in [5, 5.41) is 14.5. The van der Waals surface area contributed by atoms with E-state index in [4.69, 9.17) is 11.6 Å². The van der Waals surface area contributed by atoms with Crippen molar-refractivity contribution in [2.75, 3.05) is 5.32 Å². The number of thioether (sulfide) groups is 1. The van der Waals surface area contributed by atoms with Crippen molar-refractivity contribution in [3.8, 4) is 0 Å². The molecule has 0 radical (unpaired) electrons. The van der Waals surface area contributed by atoms with Gasteiger partial charge in [0.1, 0.15) is 5.82 Å². The van der Waals surface area contributed by atoms with Gasteiger partial charge in [-0.05, 0) is 48.4 Å². The first-order valence-electron chi connectivity index (χ1n) is 6.75. The highest BCUT2D eigenvalue weighted by Gasteiger charge is 2.29. The molecule has 9 heteroatoms. The molecular weight excluding hydrogens is 329 g/mol. The zero-order valence-electron chi connectivity index (χ0n) is 11.7. The third-order valence-corrected chi connectivity index (χ3v) is 4.48. The molecule has 0 aliphatic heterocycles. The smallest absolute Gasteiger partial charge is 0.237 e. The Morgan fingerprint density at radius 3 is 3.00 bits per heavy atom. The van der Waals surface area contributed by atoms with E-state index in [1.165, 1.54) is 23.9 Å². The van der Waals surface area contributed by atoms with Crippen molar-refractivity contribution in [2.24, 2.45) is 0 Å². The Kier molecular flexibility index (Phi) is 4.30. The van der Waals surface area contributed by atoms with Crippen molar-refractivity contribution in [3.63, 3.8) is 0 Å². The second kappa shape index (κ2) is 6.21. The second-order valence-corrected chi connectivity index (χ2v) is 6.76. The van der Waals surface area contributed by atoms with E-state index in [2.05, 4.69) is 20.8 Å². The summed E-state index contributed by atoms with van der Waals surface area (Å²) >= 11 is 6.93. The molecule has 3 rings (SSSR count). The molecule has 1 heterocycles. The van der Waals surface area contributed by atoms with Gasteiger partial charge >= 0.3 is 0 Å². The van der Waals surface area contributed by atoms with E-state index in [0.717, 1.165) is 18.9 Å². The van der Waals surface area contributed by atoms with Crippen LogP contribution in [0.5, 0.6) is 0 Å². The van der Waals surface area contributed by atoms with Crippen LogP contribution < -0.4 is 5.32 Å². The number of carbonyl (C=O) groups excluding carboxylic acids is 1. The minimum Gasteiger partial charge on any atom is -0.323 e. The van der Waals surface area contributed by atoms with Crippen LogP contribution in [-0.2, 0) is 4.79 Å². The van der Waals surface area contributed by atoms with Gasteiger partial charge in [-0.15, -0.1) is 5.10 Å². The lowest BCUT2D eigenvalue weighted by Gasteiger charge is -2.12. The molecule has 116 valence electrons. The van der Waals surface area contributed by atoms with Crippen LogP contribution in [0.2, 0.25) is 5.02 Å². The van der Waals surface area contributed by atoms with Gasteiger partial charge in [0, 0.05) is 5.02 Å². The Hall–Kier alpha value is -1.67. The van der Waals surface area contributed by atoms with E-state index >= 15 is 0 Å². The second-order valence-electron chi connectivity index (χ2n) is 5.01. The van der Waals surface area contributed by atoms with Crippen LogP contribution in [0.1, 0.15) is 25.8 Å². The molecule has 1 aliphatic carbocycles. The van der Waals surface area contributed by atoms with Gasteiger partial charge in [-0.2, -0.15) is 0 Å². The lowest BCUT2D eigenvalue weighted by atomic mass is 10.3. The van der Waals surface area contributed by atoms with E-state index in [1.54, 1.807) is 11.6 Å². The first-order valence-corrected chi connectivity index (χ1v) is 8.01. The molecule has 6 nitrogen and oxygen atoms in total. The van der Waals surface area contributed by atoms with Gasteiger partial charge in [-0.1, -0.05) is 23.4 Å². The van der Waals surface area contributed by atoms with Crippen LogP contribution in [0.25, 0.3) is 0 Å². The topological polar surface area (TPSA) is 72.7 Å². The normalized spacial score (nSPS) is 15.6. The van der Waals surface area contributed by atoms with Crippen LogP contribution in [0, 0.1) is 5.82 Å². The minimum absolute atomic E-state index is 0.101. The molecule has 1 N–H and O–H groups in total. The maximum absolute atomic E-state index is 13.7. The number of hydrogen-bond acceptors (Lipinski definition) is 5. The summed E-state index contributed by atoms with van der Waals surface area (Å²) in [6.07, 6.45) is 2.10. The lowest BCUT2D eigenvalue weighted by Crippen LogP contribution is -2.23. The number of hydrogen-bond donors (Lipinski definition) is 1. The molecule has 1 aromatic heterocycles. The van der Waals surface area contributed by atoms with Crippen molar-refractivity contribution < 1.29 is 9.18 Å². The van der Waals surface area contributed by atoms with Crippen molar-refractivity contribution in [1.82, 2.24) is 20.2 Å². The Bertz CT molecular complexity index is 705. The fourth-order valence-corrected chi connectivity index (χ4v) is 2.87. The summed E-state index contributed by atoms with van der Waals surface area (Å²) in [5.41, 5.74) is 0.101. The van der Waals surface area contributed by atoms with Crippen LogP contribution in [-0.4, -0.2) is 31.4 Å². The molecule has 0 saturated heterocycles. The number of nitrogens with zero attached hydrogens (tertiary/aromatic N) is 4. The molecule has 2 aromatic rings. The number of carbonyl (C=O) groups is 1. The predicted octanol–water partition coefficient (Wildman–Crippen LogP) is 2.92. The summed E-state index contributed by atoms with van der Waals surface area (Å²) < 4.78 is 15.4. The number of halogens is 2. The van der Waals surface area contributed by atoms with Gasteiger partial charge in [0.05, 0.1) is 17.0 Å². The van der Waals surface area contributed by atoms with Crippen molar-refractivity contribution in [2.45, 2.75) is 36.2 Å². The van der Waals surface area contributed by atoms with E-state index in [0.29, 0.717) is 11.2 Å². The van der Waals surface area contributed by atoms with Crippen LogP contribution in [0.4, 0.5) is 10.1 Å². The molecule has 1 unspecified atom stereocenters. The lowest BCUT2D eigenvalue weighted by molar-refractivity contribution is -0.115. The molecule has 1 aliphatic rings. The summed E-state index contributed by atoms with van der Waals surface area (Å²) in [7, 11) is 0. The maximum Gasteiger partial charge on any atom is 0.237 e. The van der Waals surface area contributed by atoms with Crippen LogP contribution in [0.15, 0.2) is 23.4 Å². The van der Waals surface area contributed by atoms with Crippen LogP contribution in [0.3, 0.4) is 0 Å². The molecule has 1 atom stereocenters. The highest BCUT2D eigenvalue weighted by atomic mass is 35.5. The molecule has 1 amide bonds. The Morgan fingerprint density at radius 2 is 2.32 bits per heavy atom. The van der Waals surface area contributed by atoms with Crippen molar-refractivity contribution >= 4 is 35.0 Å². The van der Waals surface area contributed by atoms with E-state index < -0.39 is 11.1 Å².